The number of fused-ring (bicyclic) bond motifs is 1. The van der Waals surface area contributed by atoms with E-state index in [0.29, 0.717) is 5.56 Å². The van der Waals surface area contributed by atoms with E-state index >= 15 is 0 Å². The lowest BCUT2D eigenvalue weighted by molar-refractivity contribution is 0.0928. The third-order valence-electron chi connectivity index (χ3n) is 5.43. The number of pyridine rings is 1. The number of aromatic nitrogens is 1. The molecule has 28 heavy (non-hydrogen) atoms. The molecule has 0 spiro atoms. The van der Waals surface area contributed by atoms with Crippen molar-refractivity contribution in [3.05, 3.63) is 59.8 Å². The van der Waals surface area contributed by atoms with E-state index in [4.69, 9.17) is 0 Å². The van der Waals surface area contributed by atoms with Crippen LogP contribution < -0.4 is 10.6 Å². The van der Waals surface area contributed by atoms with Gasteiger partial charge in [0.05, 0.1) is 5.52 Å². The number of aromatic hydroxyl groups is 1. The molecule has 0 bridgehead atoms. The van der Waals surface area contributed by atoms with Gasteiger partial charge in [-0.3, -0.25) is 9.78 Å². The summed E-state index contributed by atoms with van der Waals surface area (Å²) in [4.78, 5) is 17.2. The van der Waals surface area contributed by atoms with Gasteiger partial charge < -0.3 is 15.7 Å². The molecule has 1 aliphatic rings. The highest BCUT2D eigenvalue weighted by atomic mass is 16.3. The predicted molar refractivity (Wildman–Crippen MR) is 112 cm³/mol. The number of phenolic OH excluding ortho intramolecular Hbond substituents is 1. The number of nitrogens with one attached hydrogen (secondary N) is 2. The van der Waals surface area contributed by atoms with Crippen LogP contribution in [0.4, 0.5) is 11.4 Å². The topological polar surface area (TPSA) is 74.2 Å². The van der Waals surface area contributed by atoms with E-state index in [0.717, 1.165) is 40.7 Å². The van der Waals surface area contributed by atoms with Crippen LogP contribution in [0.3, 0.4) is 0 Å². The molecule has 4 rings (SSSR count). The molecule has 0 atom stereocenters. The van der Waals surface area contributed by atoms with Crippen LogP contribution >= 0.6 is 0 Å². The SMILES string of the molecule is Cc1ccc(O)cc1Nc1ccnc2ccc(C(=O)NC3CCCCC3)cc12. The highest BCUT2D eigenvalue weighted by Crippen LogP contribution is 2.29. The van der Waals surface area contributed by atoms with E-state index in [1.807, 2.05) is 37.3 Å². The van der Waals surface area contributed by atoms with Crippen LogP contribution in [0.2, 0.25) is 0 Å². The number of rotatable bonds is 4. The van der Waals surface area contributed by atoms with Crippen LogP contribution in [-0.4, -0.2) is 22.0 Å². The second kappa shape index (κ2) is 7.89. The summed E-state index contributed by atoms with van der Waals surface area (Å²) >= 11 is 0. The molecule has 1 aromatic heterocycles. The molecule has 3 N–H and O–H groups in total. The largest absolute Gasteiger partial charge is 0.508 e. The van der Waals surface area contributed by atoms with Crippen molar-refractivity contribution < 1.29 is 9.90 Å². The molecule has 3 aromatic rings. The molecule has 1 heterocycles. The molecule has 1 saturated carbocycles. The first-order valence-electron chi connectivity index (χ1n) is 9.86. The van der Waals surface area contributed by atoms with Gasteiger partial charge in [-0.15, -0.1) is 0 Å². The molecule has 1 fully saturated rings. The van der Waals surface area contributed by atoms with Gasteiger partial charge in [0.2, 0.25) is 0 Å². The fraction of sp³-hybridized carbons (Fsp3) is 0.304. The molecule has 1 amide bonds. The summed E-state index contributed by atoms with van der Waals surface area (Å²) in [6, 6.07) is 13.0. The summed E-state index contributed by atoms with van der Waals surface area (Å²) in [6.45, 7) is 1.98. The Morgan fingerprint density at radius 2 is 1.86 bits per heavy atom. The minimum Gasteiger partial charge on any atom is -0.508 e. The lowest BCUT2D eigenvalue weighted by Gasteiger charge is -2.22. The average Bonchev–Trinajstić information content (AvgIpc) is 2.71. The third kappa shape index (κ3) is 3.93. The number of anilines is 2. The highest BCUT2D eigenvalue weighted by molar-refractivity contribution is 6.01. The monoisotopic (exact) mass is 375 g/mol. The van der Waals surface area contributed by atoms with Crippen molar-refractivity contribution in [2.75, 3.05) is 5.32 Å². The average molecular weight is 375 g/mol. The number of carbonyl (C=O) groups excluding carboxylic acids is 1. The zero-order chi connectivity index (χ0) is 19.5. The van der Waals surface area contributed by atoms with Gasteiger partial charge in [0.25, 0.3) is 5.91 Å². The number of amides is 1. The van der Waals surface area contributed by atoms with E-state index in [1.165, 1.54) is 19.3 Å². The van der Waals surface area contributed by atoms with E-state index in [9.17, 15) is 9.90 Å². The smallest absolute Gasteiger partial charge is 0.251 e. The number of nitrogens with zero attached hydrogens (tertiary/aromatic N) is 1. The Morgan fingerprint density at radius 3 is 2.68 bits per heavy atom. The van der Waals surface area contributed by atoms with Crippen LogP contribution in [0, 0.1) is 6.92 Å². The highest BCUT2D eigenvalue weighted by Gasteiger charge is 2.17. The molecule has 0 aliphatic heterocycles. The lowest BCUT2D eigenvalue weighted by atomic mass is 9.95. The van der Waals surface area contributed by atoms with Crippen molar-refractivity contribution in [3.8, 4) is 5.75 Å². The molecule has 0 unspecified atom stereocenters. The summed E-state index contributed by atoms with van der Waals surface area (Å²) in [7, 11) is 0. The van der Waals surface area contributed by atoms with Crippen LogP contribution in [0.15, 0.2) is 48.7 Å². The van der Waals surface area contributed by atoms with Gasteiger partial charge in [0, 0.05) is 40.6 Å². The Morgan fingerprint density at radius 1 is 1.04 bits per heavy atom. The number of aryl methyl sites for hydroxylation is 1. The van der Waals surface area contributed by atoms with Crippen LogP contribution in [0.5, 0.6) is 5.75 Å². The van der Waals surface area contributed by atoms with Gasteiger partial charge >= 0.3 is 0 Å². The third-order valence-corrected chi connectivity index (χ3v) is 5.43. The first kappa shape index (κ1) is 18.3. The summed E-state index contributed by atoms with van der Waals surface area (Å²) in [5, 5.41) is 17.2. The van der Waals surface area contributed by atoms with E-state index in [-0.39, 0.29) is 17.7 Å². The second-order valence-corrected chi connectivity index (χ2v) is 7.52. The van der Waals surface area contributed by atoms with Crippen molar-refractivity contribution in [3.63, 3.8) is 0 Å². The quantitative estimate of drug-likeness (QED) is 0.596. The Balaban J connectivity index is 1.63. The Hall–Kier alpha value is -3.08. The molecule has 144 valence electrons. The summed E-state index contributed by atoms with van der Waals surface area (Å²) in [5.74, 6) is 0.177. The Bertz CT molecular complexity index is 1010. The molecule has 0 saturated heterocycles. The summed E-state index contributed by atoms with van der Waals surface area (Å²) < 4.78 is 0. The number of carbonyl (C=O) groups is 1. The molecule has 1 aliphatic carbocycles. The van der Waals surface area contributed by atoms with Crippen molar-refractivity contribution in [1.29, 1.82) is 0 Å². The summed E-state index contributed by atoms with van der Waals surface area (Å²) in [5.41, 5.74) is 4.16. The van der Waals surface area contributed by atoms with Gasteiger partial charge in [-0.1, -0.05) is 25.3 Å². The van der Waals surface area contributed by atoms with Gasteiger partial charge in [-0.2, -0.15) is 0 Å². The molecular weight excluding hydrogens is 350 g/mol. The Kier molecular flexibility index (Phi) is 5.15. The van der Waals surface area contributed by atoms with Gasteiger partial charge in [0.1, 0.15) is 5.75 Å². The van der Waals surface area contributed by atoms with E-state index in [2.05, 4.69) is 15.6 Å². The Labute approximate surface area is 164 Å². The lowest BCUT2D eigenvalue weighted by Crippen LogP contribution is -2.36. The fourth-order valence-corrected chi connectivity index (χ4v) is 3.80. The zero-order valence-electron chi connectivity index (χ0n) is 16.0. The predicted octanol–water partition coefficient (Wildman–Crippen LogP) is 5.05. The molecular formula is C23H25N3O2. The van der Waals surface area contributed by atoms with Crippen molar-refractivity contribution in [2.24, 2.45) is 0 Å². The van der Waals surface area contributed by atoms with Gasteiger partial charge in [0.15, 0.2) is 0 Å². The standard InChI is InChI=1S/C23H25N3O2/c1-15-7-9-18(27)14-22(15)26-21-11-12-24-20-10-8-16(13-19(20)21)23(28)25-17-5-3-2-4-6-17/h7-14,17,27H,2-6H2,1H3,(H,24,26)(H,25,28). The molecule has 5 nitrogen and oxygen atoms in total. The minimum absolute atomic E-state index is 0.0304. The maximum absolute atomic E-state index is 12.7. The van der Waals surface area contributed by atoms with Crippen molar-refractivity contribution in [1.82, 2.24) is 10.3 Å². The maximum atomic E-state index is 12.7. The first-order valence-corrected chi connectivity index (χ1v) is 9.86. The van der Waals surface area contributed by atoms with Crippen LogP contribution in [-0.2, 0) is 0 Å². The molecule has 2 aromatic carbocycles. The van der Waals surface area contributed by atoms with Gasteiger partial charge in [-0.25, -0.2) is 0 Å². The van der Waals surface area contributed by atoms with Crippen LogP contribution in [0.1, 0.15) is 48.0 Å². The van der Waals surface area contributed by atoms with E-state index < -0.39 is 0 Å². The summed E-state index contributed by atoms with van der Waals surface area (Å²) in [6.07, 6.45) is 7.49. The van der Waals surface area contributed by atoms with E-state index in [1.54, 1.807) is 18.3 Å². The minimum atomic E-state index is -0.0304. The normalized spacial score (nSPS) is 14.8. The zero-order valence-corrected chi connectivity index (χ0v) is 16.0. The maximum Gasteiger partial charge on any atom is 0.251 e. The van der Waals surface area contributed by atoms with Crippen molar-refractivity contribution >= 4 is 28.2 Å². The molecule has 5 heteroatoms. The van der Waals surface area contributed by atoms with Crippen LogP contribution in [0.25, 0.3) is 10.9 Å². The van der Waals surface area contributed by atoms with Gasteiger partial charge in [-0.05, 0) is 55.7 Å². The second-order valence-electron chi connectivity index (χ2n) is 7.52. The fourth-order valence-electron chi connectivity index (χ4n) is 3.80. The number of phenols is 1. The number of hydrogen-bond donors (Lipinski definition) is 3. The number of benzene rings is 2. The number of hydrogen-bond acceptors (Lipinski definition) is 4. The van der Waals surface area contributed by atoms with Crippen molar-refractivity contribution in [2.45, 2.75) is 45.1 Å². The molecule has 0 radical (unpaired) electrons. The first-order chi connectivity index (χ1) is 13.6.